The van der Waals surface area contributed by atoms with Gasteiger partial charge in [-0.05, 0) is 49.4 Å². The highest BCUT2D eigenvalue weighted by atomic mass is 35.5. The van der Waals surface area contributed by atoms with Crippen LogP contribution in [0.5, 0.6) is 5.75 Å². The van der Waals surface area contributed by atoms with E-state index in [1.165, 1.54) is 0 Å². The number of nitriles is 1. The Morgan fingerprint density at radius 3 is 2.62 bits per heavy atom. The van der Waals surface area contributed by atoms with E-state index in [4.69, 9.17) is 33.2 Å². The number of amides is 1. The summed E-state index contributed by atoms with van der Waals surface area (Å²) < 4.78 is 5.62. The maximum atomic E-state index is 12.1. The van der Waals surface area contributed by atoms with Crippen molar-refractivity contribution >= 4 is 45.7 Å². The predicted molar refractivity (Wildman–Crippen MR) is 102 cm³/mol. The van der Waals surface area contributed by atoms with Gasteiger partial charge in [-0.25, -0.2) is 4.98 Å². The van der Waals surface area contributed by atoms with Crippen molar-refractivity contribution in [2.24, 2.45) is 0 Å². The summed E-state index contributed by atoms with van der Waals surface area (Å²) in [5.41, 5.74) is 2.37. The number of fused-ring (bicyclic) bond motifs is 1. The van der Waals surface area contributed by atoms with E-state index in [1.807, 2.05) is 25.1 Å². The van der Waals surface area contributed by atoms with Gasteiger partial charge < -0.3 is 10.1 Å². The molecule has 0 radical (unpaired) electrons. The zero-order valence-electron chi connectivity index (χ0n) is 13.7. The first kappa shape index (κ1) is 18.0. The molecule has 0 spiro atoms. The normalized spacial score (nSPS) is 10.4. The summed E-state index contributed by atoms with van der Waals surface area (Å²) in [5, 5.41) is 12.9. The quantitative estimate of drug-likeness (QED) is 0.703. The number of carbonyl (C=O) groups is 1. The van der Waals surface area contributed by atoms with E-state index in [0.29, 0.717) is 32.9 Å². The van der Waals surface area contributed by atoms with E-state index in [2.05, 4.69) is 10.3 Å². The van der Waals surface area contributed by atoms with Gasteiger partial charge in [0.05, 0.1) is 21.7 Å². The highest BCUT2D eigenvalue weighted by Crippen LogP contribution is 2.37. The van der Waals surface area contributed by atoms with Gasteiger partial charge >= 0.3 is 0 Å². The van der Waals surface area contributed by atoms with Crippen LogP contribution in [0.2, 0.25) is 10.0 Å². The van der Waals surface area contributed by atoms with E-state index >= 15 is 0 Å². The molecule has 1 N–H and O–H groups in total. The highest BCUT2D eigenvalue weighted by molar-refractivity contribution is 6.39. The molecule has 0 fully saturated rings. The molecule has 0 atom stereocenters. The zero-order valence-corrected chi connectivity index (χ0v) is 15.2. The number of anilines is 1. The summed E-state index contributed by atoms with van der Waals surface area (Å²) in [6.07, 6.45) is 0. The fourth-order valence-electron chi connectivity index (χ4n) is 2.39. The number of hydrogen-bond donors (Lipinski definition) is 1. The summed E-state index contributed by atoms with van der Waals surface area (Å²) in [5.74, 6) is -0.0497. The molecule has 3 rings (SSSR count). The standard InChI is InChI=1S/C19H13Cl2N3O2/c1-11-2-7-14-15(20)8-16(21)19(18(14)23-11)26-10-17(25)24-13-5-3-12(9-22)4-6-13/h2-8H,10H2,1H3,(H,24,25). The molecule has 0 aliphatic carbocycles. The number of hydrogen-bond acceptors (Lipinski definition) is 4. The Labute approximate surface area is 160 Å². The van der Waals surface area contributed by atoms with E-state index in [9.17, 15) is 4.79 Å². The first-order valence-corrected chi connectivity index (χ1v) is 8.41. The van der Waals surface area contributed by atoms with E-state index < -0.39 is 0 Å². The molecule has 0 unspecified atom stereocenters. The Morgan fingerprint density at radius 2 is 1.92 bits per heavy atom. The van der Waals surface area contributed by atoms with Crippen LogP contribution >= 0.6 is 23.2 Å². The molecule has 26 heavy (non-hydrogen) atoms. The van der Waals surface area contributed by atoms with Crippen LogP contribution in [0.3, 0.4) is 0 Å². The molecule has 0 saturated carbocycles. The van der Waals surface area contributed by atoms with Crippen molar-refractivity contribution in [2.75, 3.05) is 11.9 Å². The molecular weight excluding hydrogens is 373 g/mol. The first-order valence-electron chi connectivity index (χ1n) is 7.66. The minimum absolute atomic E-state index is 0.244. The van der Waals surface area contributed by atoms with Crippen LogP contribution in [0.4, 0.5) is 5.69 Å². The minimum atomic E-state index is -0.360. The van der Waals surface area contributed by atoms with Crippen LogP contribution in [-0.2, 0) is 4.79 Å². The Balaban J connectivity index is 1.77. The molecule has 0 aliphatic rings. The Hall–Kier alpha value is -2.81. The molecule has 7 heteroatoms. The second-order valence-electron chi connectivity index (χ2n) is 5.54. The second-order valence-corrected chi connectivity index (χ2v) is 6.36. The van der Waals surface area contributed by atoms with Crippen LogP contribution < -0.4 is 10.1 Å². The largest absolute Gasteiger partial charge is 0.480 e. The van der Waals surface area contributed by atoms with Gasteiger partial charge in [0.2, 0.25) is 0 Å². The lowest BCUT2D eigenvalue weighted by Gasteiger charge is -2.12. The van der Waals surface area contributed by atoms with Crippen molar-refractivity contribution < 1.29 is 9.53 Å². The van der Waals surface area contributed by atoms with Gasteiger partial charge in [-0.2, -0.15) is 5.26 Å². The first-order chi connectivity index (χ1) is 12.5. The molecule has 1 amide bonds. The molecule has 1 heterocycles. The van der Waals surface area contributed by atoms with Crippen molar-refractivity contribution in [3.63, 3.8) is 0 Å². The molecule has 130 valence electrons. The van der Waals surface area contributed by atoms with Gasteiger partial charge in [0.1, 0.15) is 5.52 Å². The fraction of sp³-hybridized carbons (Fsp3) is 0.105. The van der Waals surface area contributed by atoms with Gasteiger partial charge in [-0.1, -0.05) is 23.2 Å². The zero-order chi connectivity index (χ0) is 18.7. The van der Waals surface area contributed by atoms with Gasteiger partial charge in [0.15, 0.2) is 12.4 Å². The summed E-state index contributed by atoms with van der Waals surface area (Å²) in [6, 6.07) is 13.8. The Kier molecular flexibility index (Phi) is 5.27. The van der Waals surface area contributed by atoms with Crippen molar-refractivity contribution in [1.82, 2.24) is 4.98 Å². The summed E-state index contributed by atoms with van der Waals surface area (Å²) in [7, 11) is 0. The lowest BCUT2D eigenvalue weighted by atomic mass is 10.2. The maximum Gasteiger partial charge on any atom is 0.262 e. The predicted octanol–water partition coefficient (Wildman–Crippen LogP) is 4.74. The number of aromatic nitrogens is 1. The molecule has 1 aromatic heterocycles. The topological polar surface area (TPSA) is 75.0 Å². The van der Waals surface area contributed by atoms with Crippen LogP contribution in [0.25, 0.3) is 10.9 Å². The number of aryl methyl sites for hydroxylation is 1. The average molecular weight is 386 g/mol. The molecule has 2 aromatic carbocycles. The molecule has 5 nitrogen and oxygen atoms in total. The average Bonchev–Trinajstić information content (AvgIpc) is 2.62. The number of ether oxygens (including phenoxy) is 1. The number of halogens is 2. The number of benzene rings is 2. The Morgan fingerprint density at radius 1 is 1.19 bits per heavy atom. The Bertz CT molecular complexity index is 1030. The van der Waals surface area contributed by atoms with Gasteiger partial charge in [-0.15, -0.1) is 0 Å². The highest BCUT2D eigenvalue weighted by Gasteiger charge is 2.15. The maximum absolute atomic E-state index is 12.1. The lowest BCUT2D eigenvalue weighted by Crippen LogP contribution is -2.20. The molecule has 0 aliphatic heterocycles. The number of nitrogens with zero attached hydrogens (tertiary/aromatic N) is 2. The number of nitrogens with one attached hydrogen (secondary N) is 1. The SMILES string of the molecule is Cc1ccc2c(Cl)cc(Cl)c(OCC(=O)Nc3ccc(C#N)cc3)c2n1. The van der Waals surface area contributed by atoms with Crippen molar-refractivity contribution in [3.05, 3.63) is 63.8 Å². The molecule has 3 aromatic rings. The van der Waals surface area contributed by atoms with Crippen LogP contribution in [-0.4, -0.2) is 17.5 Å². The third-order valence-electron chi connectivity index (χ3n) is 3.62. The number of pyridine rings is 1. The van der Waals surface area contributed by atoms with Crippen molar-refractivity contribution in [1.29, 1.82) is 5.26 Å². The van der Waals surface area contributed by atoms with Crippen LogP contribution in [0.15, 0.2) is 42.5 Å². The minimum Gasteiger partial charge on any atom is -0.480 e. The number of rotatable bonds is 4. The summed E-state index contributed by atoms with van der Waals surface area (Å²) >= 11 is 12.4. The van der Waals surface area contributed by atoms with Crippen molar-refractivity contribution in [2.45, 2.75) is 6.92 Å². The smallest absolute Gasteiger partial charge is 0.262 e. The molecule has 0 saturated heterocycles. The lowest BCUT2D eigenvalue weighted by molar-refractivity contribution is -0.118. The van der Waals surface area contributed by atoms with Crippen LogP contribution in [0, 0.1) is 18.3 Å². The third-order valence-corrected chi connectivity index (χ3v) is 4.22. The van der Waals surface area contributed by atoms with E-state index in [0.717, 1.165) is 5.69 Å². The monoisotopic (exact) mass is 385 g/mol. The fourth-order valence-corrected chi connectivity index (χ4v) is 2.96. The van der Waals surface area contributed by atoms with Gasteiger partial charge in [-0.3, -0.25) is 4.79 Å². The summed E-state index contributed by atoms with van der Waals surface area (Å²) in [6.45, 7) is 1.60. The van der Waals surface area contributed by atoms with E-state index in [-0.39, 0.29) is 17.5 Å². The third kappa shape index (κ3) is 3.88. The van der Waals surface area contributed by atoms with Gasteiger partial charge in [0, 0.05) is 16.8 Å². The second kappa shape index (κ2) is 7.61. The van der Waals surface area contributed by atoms with Crippen molar-refractivity contribution in [3.8, 4) is 11.8 Å². The summed E-state index contributed by atoms with van der Waals surface area (Å²) in [4.78, 5) is 16.6. The number of carbonyl (C=O) groups excluding carboxylic acids is 1. The molecular formula is C19H13Cl2N3O2. The van der Waals surface area contributed by atoms with Gasteiger partial charge in [0.25, 0.3) is 5.91 Å². The molecule has 0 bridgehead atoms. The van der Waals surface area contributed by atoms with E-state index in [1.54, 1.807) is 30.3 Å². The van der Waals surface area contributed by atoms with Crippen LogP contribution in [0.1, 0.15) is 11.3 Å².